The highest BCUT2D eigenvalue weighted by atomic mass is 35.5. The van der Waals surface area contributed by atoms with Crippen LogP contribution in [0.3, 0.4) is 0 Å². The van der Waals surface area contributed by atoms with Gasteiger partial charge in [0, 0.05) is 19.0 Å². The molecule has 1 aromatic heterocycles. The molecule has 2 rings (SSSR count). The van der Waals surface area contributed by atoms with Crippen LogP contribution < -0.4 is 14.8 Å². The van der Waals surface area contributed by atoms with Gasteiger partial charge in [0.2, 0.25) is 11.5 Å². The second kappa shape index (κ2) is 5.98. The summed E-state index contributed by atoms with van der Waals surface area (Å²) in [6.07, 6.45) is 0. The van der Waals surface area contributed by atoms with Crippen molar-refractivity contribution in [3.63, 3.8) is 0 Å². The molecule has 0 aliphatic heterocycles. The van der Waals surface area contributed by atoms with Gasteiger partial charge in [-0.1, -0.05) is 0 Å². The number of hydrogen-bond donors (Lipinski definition) is 0. The van der Waals surface area contributed by atoms with Gasteiger partial charge in [0.1, 0.15) is 5.01 Å². The fourth-order valence-electron chi connectivity index (χ4n) is 1.42. The molecule has 0 N–H and O–H groups in total. The Bertz CT molecular complexity index is 581. The van der Waals surface area contributed by atoms with E-state index in [0.29, 0.717) is 10.7 Å². The summed E-state index contributed by atoms with van der Waals surface area (Å²) in [6, 6.07) is 2.30. The molecule has 4 nitrogen and oxygen atoms in total. The largest absolute Gasteiger partial charge is 0.290 e. The lowest BCUT2D eigenvalue weighted by molar-refractivity contribution is -0.0552. The van der Waals surface area contributed by atoms with E-state index in [2.05, 4.69) is 19.8 Å². The first-order valence-electron chi connectivity index (χ1n) is 4.78. The van der Waals surface area contributed by atoms with Crippen molar-refractivity contribution in [2.75, 3.05) is 0 Å². The SMILES string of the molecule is FOc1ccc(-c2nc(CCl)cs2)c(OF)c1OF. The van der Waals surface area contributed by atoms with E-state index in [1.165, 1.54) is 6.07 Å². The summed E-state index contributed by atoms with van der Waals surface area (Å²) >= 11 is 6.73. The Hall–Kier alpha value is -1.67. The van der Waals surface area contributed by atoms with Crippen molar-refractivity contribution in [3.05, 3.63) is 23.2 Å². The molecule has 0 saturated heterocycles. The third-order valence-corrected chi connectivity index (χ3v) is 3.43. The van der Waals surface area contributed by atoms with Crippen LogP contribution in [0.4, 0.5) is 13.6 Å². The molecular formula is C10H5ClF3NO3S. The molecule has 19 heavy (non-hydrogen) atoms. The van der Waals surface area contributed by atoms with Gasteiger partial charge in [-0.05, 0) is 12.1 Å². The summed E-state index contributed by atoms with van der Waals surface area (Å²) in [7, 11) is 0. The predicted octanol–water partition coefficient (Wildman–Crippen LogP) is 4.34. The minimum atomic E-state index is -0.856. The second-order valence-electron chi connectivity index (χ2n) is 3.28. The lowest BCUT2D eigenvalue weighted by Gasteiger charge is -2.07. The van der Waals surface area contributed by atoms with Crippen molar-refractivity contribution >= 4 is 22.9 Å². The Morgan fingerprint density at radius 1 is 1.11 bits per heavy atom. The number of halogens is 4. The average molecular weight is 312 g/mol. The van der Waals surface area contributed by atoms with Crippen molar-refractivity contribution in [2.45, 2.75) is 5.88 Å². The zero-order valence-electron chi connectivity index (χ0n) is 9.03. The molecule has 0 amide bonds. The number of nitrogens with zero attached hydrogens (tertiary/aromatic N) is 1. The van der Waals surface area contributed by atoms with Gasteiger partial charge in [-0.25, -0.2) is 4.98 Å². The normalized spacial score (nSPS) is 10.3. The first-order valence-corrected chi connectivity index (χ1v) is 6.20. The number of alkyl halides is 1. The van der Waals surface area contributed by atoms with Gasteiger partial charge < -0.3 is 0 Å². The maximum Gasteiger partial charge on any atom is 0.265 e. The first-order chi connectivity index (χ1) is 9.24. The van der Waals surface area contributed by atoms with Crippen LogP contribution >= 0.6 is 22.9 Å². The molecule has 0 spiro atoms. The van der Waals surface area contributed by atoms with E-state index >= 15 is 0 Å². The quantitative estimate of drug-likeness (QED) is 0.770. The van der Waals surface area contributed by atoms with Gasteiger partial charge in [-0.2, -0.15) is 0 Å². The van der Waals surface area contributed by atoms with Crippen LogP contribution in [-0.4, -0.2) is 4.98 Å². The van der Waals surface area contributed by atoms with Gasteiger partial charge in [0.05, 0.1) is 17.1 Å². The molecule has 2 aromatic rings. The summed E-state index contributed by atoms with van der Waals surface area (Å²) in [4.78, 5) is 14.3. The van der Waals surface area contributed by atoms with Crippen molar-refractivity contribution in [2.24, 2.45) is 0 Å². The van der Waals surface area contributed by atoms with Crippen LogP contribution in [0.15, 0.2) is 17.5 Å². The summed E-state index contributed by atoms with van der Waals surface area (Å²) in [6.45, 7) is 0. The number of hydrogen-bond acceptors (Lipinski definition) is 5. The molecule has 0 fully saturated rings. The van der Waals surface area contributed by atoms with Crippen LogP contribution in [0, 0.1) is 0 Å². The topological polar surface area (TPSA) is 40.6 Å². The maximum absolute atomic E-state index is 12.6. The zero-order valence-corrected chi connectivity index (χ0v) is 10.6. The monoisotopic (exact) mass is 311 g/mol. The van der Waals surface area contributed by atoms with Crippen LogP contribution in [-0.2, 0) is 5.88 Å². The molecule has 0 bridgehead atoms. The lowest BCUT2D eigenvalue weighted by Crippen LogP contribution is -1.91. The molecule has 102 valence electrons. The van der Waals surface area contributed by atoms with Crippen molar-refractivity contribution in [1.82, 2.24) is 4.98 Å². The molecule has 0 radical (unpaired) electrons. The fraction of sp³-hybridized carbons (Fsp3) is 0.100. The third-order valence-electron chi connectivity index (χ3n) is 2.23. The van der Waals surface area contributed by atoms with E-state index < -0.39 is 17.2 Å². The molecule has 9 heteroatoms. The zero-order chi connectivity index (χ0) is 13.8. The lowest BCUT2D eigenvalue weighted by atomic mass is 10.2. The average Bonchev–Trinajstić information content (AvgIpc) is 2.94. The number of thiazole rings is 1. The Morgan fingerprint density at radius 2 is 1.84 bits per heavy atom. The highest BCUT2D eigenvalue weighted by Gasteiger charge is 2.23. The highest BCUT2D eigenvalue weighted by Crippen LogP contribution is 2.45. The third kappa shape index (κ3) is 2.54. The van der Waals surface area contributed by atoms with Gasteiger partial charge in [-0.3, -0.25) is 14.8 Å². The molecule has 0 saturated carbocycles. The van der Waals surface area contributed by atoms with Crippen LogP contribution in [0.2, 0.25) is 0 Å². The summed E-state index contributed by atoms with van der Waals surface area (Å²) in [5.74, 6) is -2.02. The fourth-order valence-corrected chi connectivity index (χ4v) is 2.49. The molecule has 0 aliphatic carbocycles. The summed E-state index contributed by atoms with van der Waals surface area (Å²) in [5, 5.41) is 1.95. The number of rotatable bonds is 5. The van der Waals surface area contributed by atoms with Crippen LogP contribution in [0.5, 0.6) is 17.2 Å². The van der Waals surface area contributed by atoms with Crippen LogP contribution in [0.1, 0.15) is 5.69 Å². The Kier molecular flexibility index (Phi) is 4.33. The van der Waals surface area contributed by atoms with Gasteiger partial charge in [0.15, 0.2) is 0 Å². The first kappa shape index (κ1) is 13.8. The summed E-state index contributed by atoms with van der Waals surface area (Å²) in [5.41, 5.74) is 0.636. The number of benzene rings is 1. The minimum Gasteiger partial charge on any atom is -0.290 e. The highest BCUT2D eigenvalue weighted by molar-refractivity contribution is 7.13. The van der Waals surface area contributed by atoms with Crippen molar-refractivity contribution in [3.8, 4) is 27.8 Å². The molecule has 1 heterocycles. The minimum absolute atomic E-state index is 0.0808. The molecule has 0 atom stereocenters. The van der Waals surface area contributed by atoms with Crippen molar-refractivity contribution < 1.29 is 28.4 Å². The standard InChI is InChI=1S/C10H5ClF3NO3S/c11-3-5-4-19-10(15-5)6-1-2-7(16-12)9(18-14)8(6)17-13/h1-2,4H,3H2. The maximum atomic E-state index is 12.6. The molecule has 1 aromatic carbocycles. The Balaban J connectivity index is 2.56. The van der Waals surface area contributed by atoms with E-state index in [1.807, 2.05) is 0 Å². The van der Waals surface area contributed by atoms with E-state index in [4.69, 9.17) is 11.6 Å². The molecule has 0 aliphatic rings. The Morgan fingerprint density at radius 3 is 2.37 bits per heavy atom. The Labute approximate surface area is 114 Å². The van der Waals surface area contributed by atoms with E-state index in [-0.39, 0.29) is 11.4 Å². The smallest absolute Gasteiger partial charge is 0.265 e. The predicted molar refractivity (Wildman–Crippen MR) is 62.3 cm³/mol. The molecule has 0 unspecified atom stereocenters. The van der Waals surface area contributed by atoms with Crippen LogP contribution in [0.25, 0.3) is 10.6 Å². The van der Waals surface area contributed by atoms with E-state index in [1.54, 1.807) is 5.38 Å². The number of aromatic nitrogens is 1. The second-order valence-corrected chi connectivity index (χ2v) is 4.40. The summed E-state index contributed by atoms with van der Waals surface area (Å²) < 4.78 is 37.0. The molecular weight excluding hydrogens is 307 g/mol. The van der Waals surface area contributed by atoms with Crippen molar-refractivity contribution in [1.29, 1.82) is 0 Å². The van der Waals surface area contributed by atoms with E-state index in [0.717, 1.165) is 17.4 Å². The van der Waals surface area contributed by atoms with Gasteiger partial charge in [-0.15, -0.1) is 22.9 Å². The van der Waals surface area contributed by atoms with Gasteiger partial charge in [0.25, 0.3) is 5.75 Å². The van der Waals surface area contributed by atoms with Gasteiger partial charge >= 0.3 is 0 Å². The van der Waals surface area contributed by atoms with E-state index in [9.17, 15) is 13.6 Å².